The van der Waals surface area contributed by atoms with Gasteiger partial charge in [-0.25, -0.2) is 0 Å². The largest absolute Gasteiger partial charge is 0.379 e. The maximum atomic E-state index is 12.6. The van der Waals surface area contributed by atoms with Gasteiger partial charge in [0.2, 0.25) is 0 Å². The van der Waals surface area contributed by atoms with Crippen molar-refractivity contribution in [3.63, 3.8) is 0 Å². The smallest absolute Gasteiger partial charge is 0.271 e. The van der Waals surface area contributed by atoms with Crippen LogP contribution < -0.4 is 5.56 Å². The normalized spacial score (nSPS) is 13.2. The summed E-state index contributed by atoms with van der Waals surface area (Å²) in [4.78, 5) is 15.1. The van der Waals surface area contributed by atoms with Crippen molar-refractivity contribution in [1.29, 1.82) is 0 Å². The topological polar surface area (TPSA) is 44.1 Å². The first kappa shape index (κ1) is 16.5. The van der Waals surface area contributed by atoms with Crippen molar-refractivity contribution < 1.29 is 4.74 Å². The van der Waals surface area contributed by atoms with Crippen LogP contribution in [0, 0.1) is 0 Å². The molecule has 0 aliphatic heterocycles. The third-order valence-corrected chi connectivity index (χ3v) is 5.75. The number of methoxy groups -OCH3 is 1. The number of hydrogen-bond acceptors (Lipinski definition) is 4. The first-order valence-corrected chi connectivity index (χ1v) is 9.35. The van der Waals surface area contributed by atoms with Crippen LogP contribution >= 0.6 is 22.9 Å². The van der Waals surface area contributed by atoms with Crippen LogP contribution in [0.2, 0.25) is 5.02 Å². The number of halogens is 1. The number of benzene rings is 1. The quantitative estimate of drug-likeness (QED) is 0.690. The van der Waals surface area contributed by atoms with E-state index in [0.29, 0.717) is 11.6 Å². The van der Waals surface area contributed by atoms with Crippen molar-refractivity contribution in [2.75, 3.05) is 7.11 Å². The second-order valence-corrected chi connectivity index (χ2v) is 7.74. The molecule has 4 rings (SSSR count). The number of ether oxygens (including phenoxy) is 1. The standard InChI is InChI=1S/C19H17ClN2O2S/c1-24-11-15-10-16-17(25-15)4-2-3-12-9-18(23)22(21-19(12)16)14-7-5-13(20)6-8-14/h5-10H,2-4,11H2,1H3. The average Bonchev–Trinajstić information content (AvgIpc) is 2.92. The van der Waals surface area contributed by atoms with Gasteiger partial charge in [-0.3, -0.25) is 4.79 Å². The second-order valence-electron chi connectivity index (χ2n) is 6.08. The minimum absolute atomic E-state index is 0.114. The molecule has 0 radical (unpaired) electrons. The number of nitrogens with zero attached hydrogens (tertiary/aromatic N) is 2. The zero-order valence-electron chi connectivity index (χ0n) is 13.8. The van der Waals surface area contributed by atoms with E-state index in [1.807, 2.05) is 12.1 Å². The summed E-state index contributed by atoms with van der Waals surface area (Å²) in [6.07, 6.45) is 2.91. The molecule has 2 aromatic heterocycles. The molecule has 2 heterocycles. The van der Waals surface area contributed by atoms with Gasteiger partial charge in [-0.1, -0.05) is 11.6 Å². The summed E-state index contributed by atoms with van der Waals surface area (Å²) in [6, 6.07) is 11.0. The molecule has 1 aromatic carbocycles. The van der Waals surface area contributed by atoms with E-state index in [9.17, 15) is 4.79 Å². The lowest BCUT2D eigenvalue weighted by atomic mass is 10.1. The van der Waals surface area contributed by atoms with Gasteiger partial charge in [0.05, 0.1) is 18.0 Å². The highest BCUT2D eigenvalue weighted by molar-refractivity contribution is 7.12. The maximum Gasteiger partial charge on any atom is 0.271 e. The van der Waals surface area contributed by atoms with Crippen LogP contribution in [-0.2, 0) is 24.2 Å². The Labute approximate surface area is 154 Å². The van der Waals surface area contributed by atoms with Gasteiger partial charge in [-0.15, -0.1) is 11.3 Å². The van der Waals surface area contributed by atoms with E-state index in [0.717, 1.165) is 41.8 Å². The molecule has 0 unspecified atom stereocenters. The Balaban J connectivity index is 1.88. The Hall–Kier alpha value is -1.95. The fraction of sp³-hybridized carbons (Fsp3) is 0.263. The van der Waals surface area contributed by atoms with Gasteiger partial charge >= 0.3 is 0 Å². The maximum absolute atomic E-state index is 12.6. The number of aromatic nitrogens is 2. The van der Waals surface area contributed by atoms with Gasteiger partial charge in [0.25, 0.3) is 5.56 Å². The molecular formula is C19H17ClN2O2S. The Morgan fingerprint density at radius 2 is 2.04 bits per heavy atom. The predicted molar refractivity (Wildman–Crippen MR) is 101 cm³/mol. The van der Waals surface area contributed by atoms with E-state index < -0.39 is 0 Å². The molecule has 1 aliphatic rings. The van der Waals surface area contributed by atoms with Crippen molar-refractivity contribution in [1.82, 2.24) is 9.78 Å². The van der Waals surface area contributed by atoms with Crippen molar-refractivity contribution in [2.24, 2.45) is 0 Å². The number of fused-ring (bicyclic) bond motifs is 3. The molecule has 25 heavy (non-hydrogen) atoms. The molecule has 3 aromatic rings. The predicted octanol–water partition coefficient (Wildman–Crippen LogP) is 4.25. The highest BCUT2D eigenvalue weighted by Gasteiger charge is 2.21. The van der Waals surface area contributed by atoms with Gasteiger partial charge in [-0.05, 0) is 55.2 Å². The Kier molecular flexibility index (Phi) is 4.46. The molecular weight excluding hydrogens is 356 g/mol. The molecule has 4 nitrogen and oxygen atoms in total. The molecule has 6 heteroatoms. The van der Waals surface area contributed by atoms with Crippen LogP contribution in [0.4, 0.5) is 0 Å². The SMILES string of the molecule is COCc1cc2c(s1)CCCc1cc(=O)n(-c3ccc(Cl)cc3)nc1-2. The summed E-state index contributed by atoms with van der Waals surface area (Å²) >= 11 is 7.73. The lowest BCUT2D eigenvalue weighted by Gasteiger charge is -2.10. The van der Waals surface area contributed by atoms with Crippen LogP contribution in [-0.4, -0.2) is 16.9 Å². The van der Waals surface area contributed by atoms with Crippen LogP contribution in [0.1, 0.15) is 21.7 Å². The molecule has 0 N–H and O–H groups in total. The molecule has 0 fully saturated rings. The van der Waals surface area contributed by atoms with Crippen molar-refractivity contribution in [3.8, 4) is 16.9 Å². The van der Waals surface area contributed by atoms with Crippen LogP contribution in [0.3, 0.4) is 0 Å². The number of thiophene rings is 1. The fourth-order valence-corrected chi connectivity index (χ4v) is 4.51. The number of aryl methyl sites for hydroxylation is 2. The summed E-state index contributed by atoms with van der Waals surface area (Å²) in [5.74, 6) is 0. The molecule has 0 atom stereocenters. The van der Waals surface area contributed by atoms with E-state index in [1.54, 1.807) is 36.6 Å². The Bertz CT molecular complexity index is 976. The first-order chi connectivity index (χ1) is 12.2. The molecule has 0 amide bonds. The van der Waals surface area contributed by atoms with E-state index in [2.05, 4.69) is 6.07 Å². The third kappa shape index (κ3) is 3.15. The lowest BCUT2D eigenvalue weighted by molar-refractivity contribution is 0.187. The van der Waals surface area contributed by atoms with Crippen LogP contribution in [0.15, 0.2) is 41.2 Å². The minimum Gasteiger partial charge on any atom is -0.379 e. The highest BCUT2D eigenvalue weighted by atomic mass is 35.5. The monoisotopic (exact) mass is 372 g/mol. The van der Waals surface area contributed by atoms with E-state index in [1.165, 1.54) is 14.4 Å². The summed E-state index contributed by atoms with van der Waals surface area (Å²) < 4.78 is 6.73. The van der Waals surface area contributed by atoms with Crippen molar-refractivity contribution >= 4 is 22.9 Å². The minimum atomic E-state index is -0.114. The van der Waals surface area contributed by atoms with E-state index in [-0.39, 0.29) is 5.56 Å². The molecule has 128 valence electrons. The van der Waals surface area contributed by atoms with Crippen molar-refractivity contribution in [3.05, 3.63) is 67.1 Å². The van der Waals surface area contributed by atoms with Crippen molar-refractivity contribution in [2.45, 2.75) is 25.9 Å². The number of hydrogen-bond donors (Lipinski definition) is 0. The Morgan fingerprint density at radius 3 is 2.80 bits per heavy atom. The summed E-state index contributed by atoms with van der Waals surface area (Å²) in [7, 11) is 1.70. The van der Waals surface area contributed by atoms with E-state index in [4.69, 9.17) is 21.4 Å². The van der Waals surface area contributed by atoms with Gasteiger partial charge in [0.15, 0.2) is 0 Å². The summed E-state index contributed by atoms with van der Waals surface area (Å²) in [5, 5.41) is 5.35. The fourth-order valence-electron chi connectivity index (χ4n) is 3.20. The Morgan fingerprint density at radius 1 is 1.24 bits per heavy atom. The van der Waals surface area contributed by atoms with Gasteiger partial charge in [-0.2, -0.15) is 9.78 Å². The first-order valence-electron chi connectivity index (χ1n) is 8.16. The third-order valence-electron chi connectivity index (χ3n) is 4.33. The summed E-state index contributed by atoms with van der Waals surface area (Å²) in [6.45, 7) is 0.601. The molecule has 0 bridgehead atoms. The van der Waals surface area contributed by atoms with Gasteiger partial charge in [0.1, 0.15) is 0 Å². The average molecular weight is 373 g/mol. The molecule has 0 saturated carbocycles. The highest BCUT2D eigenvalue weighted by Crippen LogP contribution is 2.36. The summed E-state index contributed by atoms with van der Waals surface area (Å²) in [5.41, 5.74) is 3.66. The second kappa shape index (κ2) is 6.75. The van der Waals surface area contributed by atoms with Crippen LogP contribution in [0.5, 0.6) is 0 Å². The van der Waals surface area contributed by atoms with Crippen LogP contribution in [0.25, 0.3) is 16.9 Å². The van der Waals surface area contributed by atoms with Gasteiger partial charge < -0.3 is 4.74 Å². The molecule has 0 saturated heterocycles. The lowest BCUT2D eigenvalue weighted by Crippen LogP contribution is -2.22. The van der Waals surface area contributed by atoms with E-state index >= 15 is 0 Å². The molecule has 0 spiro atoms. The number of rotatable bonds is 3. The zero-order chi connectivity index (χ0) is 17.4. The van der Waals surface area contributed by atoms with Gasteiger partial charge in [0, 0.05) is 33.5 Å². The zero-order valence-corrected chi connectivity index (χ0v) is 15.4. The molecule has 1 aliphatic carbocycles.